The summed E-state index contributed by atoms with van der Waals surface area (Å²) in [5, 5.41) is 0.985. The van der Waals surface area contributed by atoms with E-state index in [-0.39, 0.29) is 5.97 Å². The SMILES string of the molecule is CCOC(=O)c1c(C)sc2cc(Br)c(I)cc12. The molecule has 0 aliphatic rings. The Morgan fingerprint density at radius 3 is 2.88 bits per heavy atom. The van der Waals surface area contributed by atoms with Crippen molar-refractivity contribution in [3.05, 3.63) is 30.6 Å². The van der Waals surface area contributed by atoms with Crippen LogP contribution in [-0.4, -0.2) is 12.6 Å². The van der Waals surface area contributed by atoms with Crippen molar-refractivity contribution in [2.45, 2.75) is 13.8 Å². The van der Waals surface area contributed by atoms with Crippen LogP contribution in [0.25, 0.3) is 10.1 Å². The molecule has 0 unspecified atom stereocenters. The predicted octanol–water partition coefficient (Wildman–Crippen LogP) is 4.75. The third-order valence-electron chi connectivity index (χ3n) is 2.39. The summed E-state index contributed by atoms with van der Waals surface area (Å²) in [6.45, 7) is 4.18. The maximum absolute atomic E-state index is 11.9. The van der Waals surface area contributed by atoms with Gasteiger partial charge in [-0.3, -0.25) is 0 Å². The largest absolute Gasteiger partial charge is 0.462 e. The van der Waals surface area contributed by atoms with Gasteiger partial charge in [-0.25, -0.2) is 4.79 Å². The normalized spacial score (nSPS) is 10.8. The molecule has 2 nitrogen and oxygen atoms in total. The number of carbonyl (C=O) groups excluding carboxylic acids is 1. The number of carbonyl (C=O) groups is 1. The Bertz CT molecular complexity index is 592. The Labute approximate surface area is 126 Å². The highest BCUT2D eigenvalue weighted by Crippen LogP contribution is 2.35. The van der Waals surface area contributed by atoms with Gasteiger partial charge in [0.1, 0.15) is 0 Å². The molecule has 0 saturated heterocycles. The number of hydrogen-bond donors (Lipinski definition) is 0. The summed E-state index contributed by atoms with van der Waals surface area (Å²) in [5.74, 6) is -0.227. The minimum Gasteiger partial charge on any atom is -0.462 e. The second-order valence-corrected chi connectivity index (χ2v) is 6.79. The van der Waals surface area contributed by atoms with Gasteiger partial charge in [0, 0.05) is 23.0 Å². The van der Waals surface area contributed by atoms with Gasteiger partial charge in [-0.1, -0.05) is 0 Å². The van der Waals surface area contributed by atoms with Crippen LogP contribution in [0.2, 0.25) is 0 Å². The Kier molecular flexibility index (Phi) is 4.10. The smallest absolute Gasteiger partial charge is 0.339 e. The molecule has 2 rings (SSSR count). The first-order chi connectivity index (χ1) is 8.04. The fraction of sp³-hybridized carbons (Fsp3) is 0.250. The Balaban J connectivity index is 2.66. The maximum Gasteiger partial charge on any atom is 0.339 e. The Morgan fingerprint density at radius 1 is 1.53 bits per heavy atom. The van der Waals surface area contributed by atoms with Crippen molar-refractivity contribution in [3.63, 3.8) is 0 Å². The molecular weight excluding hydrogens is 415 g/mol. The van der Waals surface area contributed by atoms with Gasteiger partial charge < -0.3 is 4.74 Å². The number of rotatable bonds is 2. The summed E-state index contributed by atoms with van der Waals surface area (Å²) < 4.78 is 8.36. The maximum atomic E-state index is 11.9. The molecule has 1 heterocycles. The summed E-state index contributed by atoms with van der Waals surface area (Å²) in [5.41, 5.74) is 0.706. The third kappa shape index (κ3) is 2.51. The highest BCUT2D eigenvalue weighted by atomic mass is 127. The average Bonchev–Trinajstić information content (AvgIpc) is 2.55. The zero-order valence-electron chi connectivity index (χ0n) is 9.34. The highest BCUT2D eigenvalue weighted by Gasteiger charge is 2.18. The average molecular weight is 425 g/mol. The van der Waals surface area contributed by atoms with Crippen molar-refractivity contribution in [3.8, 4) is 0 Å². The molecule has 1 aromatic carbocycles. The molecule has 0 amide bonds. The number of thiophene rings is 1. The minimum absolute atomic E-state index is 0.227. The fourth-order valence-corrected chi connectivity index (χ4v) is 3.71. The van der Waals surface area contributed by atoms with Crippen molar-refractivity contribution in [1.29, 1.82) is 0 Å². The molecule has 0 spiro atoms. The number of benzene rings is 1. The van der Waals surface area contributed by atoms with E-state index in [0.29, 0.717) is 12.2 Å². The molecule has 2 aromatic rings. The van der Waals surface area contributed by atoms with Gasteiger partial charge in [0.15, 0.2) is 0 Å². The van der Waals surface area contributed by atoms with E-state index in [2.05, 4.69) is 44.6 Å². The summed E-state index contributed by atoms with van der Waals surface area (Å²) in [6.07, 6.45) is 0. The number of hydrogen-bond acceptors (Lipinski definition) is 3. The van der Waals surface area contributed by atoms with E-state index in [1.54, 1.807) is 11.3 Å². The lowest BCUT2D eigenvalue weighted by atomic mass is 10.1. The molecule has 0 radical (unpaired) electrons. The zero-order chi connectivity index (χ0) is 12.6. The van der Waals surface area contributed by atoms with E-state index in [0.717, 1.165) is 23.0 Å². The number of esters is 1. The molecule has 5 heteroatoms. The van der Waals surface area contributed by atoms with Gasteiger partial charge in [0.25, 0.3) is 0 Å². The van der Waals surface area contributed by atoms with Crippen LogP contribution in [-0.2, 0) is 4.74 Å². The van der Waals surface area contributed by atoms with Crippen LogP contribution in [0.5, 0.6) is 0 Å². The number of ether oxygens (including phenoxy) is 1. The van der Waals surface area contributed by atoms with E-state index in [4.69, 9.17) is 4.74 Å². The Hall–Kier alpha value is -0.140. The fourth-order valence-electron chi connectivity index (χ4n) is 1.67. The Morgan fingerprint density at radius 2 is 2.24 bits per heavy atom. The van der Waals surface area contributed by atoms with Gasteiger partial charge in [-0.2, -0.15) is 0 Å². The second-order valence-electron chi connectivity index (χ2n) is 3.52. The van der Waals surface area contributed by atoms with Gasteiger partial charge in [0.05, 0.1) is 12.2 Å². The standard InChI is InChI=1S/C12H10BrIO2S/c1-3-16-12(15)11-6(2)17-10-5-8(13)9(14)4-7(10)11/h4-5H,3H2,1-2H3. The molecule has 1 aromatic heterocycles. The van der Waals surface area contributed by atoms with Crippen LogP contribution >= 0.6 is 49.9 Å². The van der Waals surface area contributed by atoms with Crippen LogP contribution in [0.4, 0.5) is 0 Å². The monoisotopic (exact) mass is 424 g/mol. The third-order valence-corrected chi connectivity index (χ3v) is 5.74. The quantitative estimate of drug-likeness (QED) is 0.513. The lowest BCUT2D eigenvalue weighted by molar-refractivity contribution is 0.0528. The van der Waals surface area contributed by atoms with Crippen LogP contribution in [0.1, 0.15) is 22.2 Å². The molecule has 0 N–H and O–H groups in total. The number of aryl methyl sites for hydroxylation is 1. The summed E-state index contributed by atoms with van der Waals surface area (Å²) in [4.78, 5) is 12.9. The van der Waals surface area contributed by atoms with E-state index in [1.807, 2.05) is 19.9 Å². The first-order valence-electron chi connectivity index (χ1n) is 5.09. The van der Waals surface area contributed by atoms with Crippen LogP contribution in [0.15, 0.2) is 16.6 Å². The second kappa shape index (κ2) is 5.24. The van der Waals surface area contributed by atoms with Crippen LogP contribution in [0, 0.1) is 10.5 Å². The van der Waals surface area contributed by atoms with Crippen LogP contribution in [0.3, 0.4) is 0 Å². The summed E-state index contributed by atoms with van der Waals surface area (Å²) in [7, 11) is 0. The van der Waals surface area contributed by atoms with Gasteiger partial charge in [-0.05, 0) is 64.5 Å². The lowest BCUT2D eigenvalue weighted by Gasteiger charge is -2.02. The first-order valence-corrected chi connectivity index (χ1v) is 7.78. The molecule has 0 bridgehead atoms. The van der Waals surface area contributed by atoms with Crippen molar-refractivity contribution in [1.82, 2.24) is 0 Å². The lowest BCUT2D eigenvalue weighted by Crippen LogP contribution is -2.05. The molecule has 0 atom stereocenters. The summed E-state index contributed by atoms with van der Waals surface area (Å²) >= 11 is 7.37. The van der Waals surface area contributed by atoms with Crippen molar-refractivity contribution in [2.75, 3.05) is 6.61 Å². The molecule has 0 fully saturated rings. The van der Waals surface area contributed by atoms with E-state index in [9.17, 15) is 4.79 Å². The number of halogens is 2. The molecular formula is C12H10BrIO2S. The highest BCUT2D eigenvalue weighted by molar-refractivity contribution is 14.1. The predicted molar refractivity (Wildman–Crippen MR) is 82.9 cm³/mol. The van der Waals surface area contributed by atoms with E-state index < -0.39 is 0 Å². The van der Waals surface area contributed by atoms with Gasteiger partial charge in [-0.15, -0.1) is 11.3 Å². The van der Waals surface area contributed by atoms with E-state index >= 15 is 0 Å². The summed E-state index contributed by atoms with van der Waals surface area (Å²) in [6, 6.07) is 4.08. The molecule has 0 aliphatic heterocycles. The van der Waals surface area contributed by atoms with E-state index in [1.165, 1.54) is 0 Å². The van der Waals surface area contributed by atoms with Gasteiger partial charge in [0.2, 0.25) is 0 Å². The van der Waals surface area contributed by atoms with Crippen LogP contribution < -0.4 is 0 Å². The molecule has 90 valence electrons. The molecule has 17 heavy (non-hydrogen) atoms. The van der Waals surface area contributed by atoms with Crippen molar-refractivity contribution < 1.29 is 9.53 Å². The van der Waals surface area contributed by atoms with Gasteiger partial charge >= 0.3 is 5.97 Å². The number of fused-ring (bicyclic) bond motifs is 1. The topological polar surface area (TPSA) is 26.3 Å². The molecule has 0 aliphatic carbocycles. The minimum atomic E-state index is -0.227. The zero-order valence-corrected chi connectivity index (χ0v) is 13.9. The first kappa shape index (κ1) is 13.3. The molecule has 0 saturated carbocycles. The van der Waals surface area contributed by atoms with Crippen molar-refractivity contribution >= 4 is 65.9 Å². The van der Waals surface area contributed by atoms with Crippen molar-refractivity contribution in [2.24, 2.45) is 0 Å².